The van der Waals surface area contributed by atoms with Crippen molar-refractivity contribution in [3.05, 3.63) is 44.6 Å². The molecule has 3 nitrogen and oxygen atoms in total. The lowest BCUT2D eigenvalue weighted by Gasteiger charge is -2.18. The molecule has 5 heteroatoms. The van der Waals surface area contributed by atoms with E-state index in [1.165, 1.54) is 0 Å². The molecule has 98 valence electrons. The number of halogens is 1. The molecule has 19 heavy (non-hydrogen) atoms. The SMILES string of the molecule is O=C(Cc1ccc(Br)s1)c1ccc2c(c1)OCCO2. The molecule has 1 aromatic carbocycles. The Hall–Kier alpha value is -1.33. The summed E-state index contributed by atoms with van der Waals surface area (Å²) in [5.74, 6) is 1.46. The van der Waals surface area contributed by atoms with Crippen LogP contribution >= 0.6 is 27.3 Å². The van der Waals surface area contributed by atoms with Crippen molar-refractivity contribution >= 4 is 33.0 Å². The summed E-state index contributed by atoms with van der Waals surface area (Å²) >= 11 is 4.98. The van der Waals surface area contributed by atoms with Crippen LogP contribution in [0.1, 0.15) is 15.2 Å². The highest BCUT2D eigenvalue weighted by Crippen LogP contribution is 2.31. The minimum Gasteiger partial charge on any atom is -0.486 e. The summed E-state index contributed by atoms with van der Waals surface area (Å²) in [5, 5.41) is 0. The summed E-state index contributed by atoms with van der Waals surface area (Å²) in [7, 11) is 0. The predicted octanol–water partition coefficient (Wildman–Crippen LogP) is 3.71. The molecule has 1 aliphatic rings. The lowest BCUT2D eigenvalue weighted by molar-refractivity contribution is 0.0992. The highest BCUT2D eigenvalue weighted by Gasteiger charge is 2.15. The van der Waals surface area contributed by atoms with Crippen molar-refractivity contribution < 1.29 is 14.3 Å². The van der Waals surface area contributed by atoms with E-state index in [0.717, 1.165) is 8.66 Å². The van der Waals surface area contributed by atoms with Gasteiger partial charge < -0.3 is 9.47 Å². The van der Waals surface area contributed by atoms with Gasteiger partial charge in [-0.05, 0) is 46.3 Å². The summed E-state index contributed by atoms with van der Waals surface area (Å²) in [6.07, 6.45) is 0.413. The van der Waals surface area contributed by atoms with E-state index in [1.807, 2.05) is 12.1 Å². The molecule has 2 aromatic rings. The quantitative estimate of drug-likeness (QED) is 0.800. The first-order valence-corrected chi connectivity index (χ1v) is 7.50. The first kappa shape index (κ1) is 12.7. The first-order valence-electron chi connectivity index (χ1n) is 5.89. The fourth-order valence-electron chi connectivity index (χ4n) is 1.92. The van der Waals surface area contributed by atoms with Gasteiger partial charge in [-0.15, -0.1) is 11.3 Å². The summed E-state index contributed by atoms with van der Waals surface area (Å²) in [6.45, 7) is 1.09. The molecule has 0 amide bonds. The molecule has 0 bridgehead atoms. The molecule has 0 saturated heterocycles. The average molecular weight is 339 g/mol. The third kappa shape index (κ3) is 2.82. The average Bonchev–Trinajstić information content (AvgIpc) is 2.83. The lowest BCUT2D eigenvalue weighted by atomic mass is 10.1. The van der Waals surface area contributed by atoms with Gasteiger partial charge in [0, 0.05) is 16.9 Å². The third-order valence-corrected chi connectivity index (χ3v) is 4.45. The smallest absolute Gasteiger partial charge is 0.168 e. The molecule has 0 saturated carbocycles. The zero-order chi connectivity index (χ0) is 13.2. The second-order valence-corrected chi connectivity index (χ2v) is 6.71. The van der Waals surface area contributed by atoms with E-state index in [4.69, 9.17) is 9.47 Å². The normalized spacial score (nSPS) is 13.3. The molecule has 1 aliphatic heterocycles. The number of hydrogen-bond donors (Lipinski definition) is 0. The Kier molecular flexibility index (Phi) is 3.57. The van der Waals surface area contributed by atoms with Gasteiger partial charge in [0.1, 0.15) is 13.2 Å². The second kappa shape index (κ2) is 5.35. The molecule has 0 N–H and O–H groups in total. The zero-order valence-corrected chi connectivity index (χ0v) is 12.4. The van der Waals surface area contributed by atoms with Crippen molar-refractivity contribution in [3.8, 4) is 11.5 Å². The molecular weight excluding hydrogens is 328 g/mol. The molecule has 2 heterocycles. The van der Waals surface area contributed by atoms with Crippen molar-refractivity contribution in [2.45, 2.75) is 6.42 Å². The fraction of sp³-hybridized carbons (Fsp3) is 0.214. The van der Waals surface area contributed by atoms with Crippen molar-refractivity contribution in [3.63, 3.8) is 0 Å². The Balaban J connectivity index is 1.80. The second-order valence-electron chi connectivity index (χ2n) is 4.16. The topological polar surface area (TPSA) is 35.5 Å². The van der Waals surface area contributed by atoms with Gasteiger partial charge in [-0.25, -0.2) is 0 Å². The number of carbonyl (C=O) groups excluding carboxylic acids is 1. The number of hydrogen-bond acceptors (Lipinski definition) is 4. The third-order valence-electron chi connectivity index (χ3n) is 2.83. The fourth-order valence-corrected chi connectivity index (χ4v) is 3.41. The Morgan fingerprint density at radius 1 is 1.16 bits per heavy atom. The van der Waals surface area contributed by atoms with Crippen molar-refractivity contribution in [2.24, 2.45) is 0 Å². The van der Waals surface area contributed by atoms with Gasteiger partial charge in [0.25, 0.3) is 0 Å². The van der Waals surface area contributed by atoms with Crippen LogP contribution in [0.15, 0.2) is 34.1 Å². The zero-order valence-electron chi connectivity index (χ0n) is 10.0. The van der Waals surface area contributed by atoms with Gasteiger partial charge in [-0.1, -0.05) is 0 Å². The van der Waals surface area contributed by atoms with E-state index < -0.39 is 0 Å². The summed E-state index contributed by atoms with van der Waals surface area (Å²) < 4.78 is 12.0. The van der Waals surface area contributed by atoms with Gasteiger partial charge in [0.2, 0.25) is 0 Å². The number of ether oxygens (including phenoxy) is 2. The van der Waals surface area contributed by atoms with Gasteiger partial charge >= 0.3 is 0 Å². The summed E-state index contributed by atoms with van der Waals surface area (Å²) in [5.41, 5.74) is 0.661. The predicted molar refractivity (Wildman–Crippen MR) is 77.5 cm³/mol. The number of benzene rings is 1. The van der Waals surface area contributed by atoms with E-state index >= 15 is 0 Å². The highest BCUT2D eigenvalue weighted by molar-refractivity contribution is 9.11. The molecule has 0 unspecified atom stereocenters. The van der Waals surface area contributed by atoms with Crippen LogP contribution in [0.25, 0.3) is 0 Å². The monoisotopic (exact) mass is 338 g/mol. The van der Waals surface area contributed by atoms with Crippen LogP contribution in [0, 0.1) is 0 Å². The summed E-state index contributed by atoms with van der Waals surface area (Å²) in [4.78, 5) is 13.3. The highest BCUT2D eigenvalue weighted by atomic mass is 79.9. The molecule has 0 spiro atoms. The minimum atomic E-state index is 0.0892. The Labute approximate surface area is 123 Å². The molecular formula is C14H11BrO3S. The first-order chi connectivity index (χ1) is 9.22. The number of ketones is 1. The Morgan fingerprint density at radius 2 is 1.95 bits per heavy atom. The van der Waals surface area contributed by atoms with Crippen LogP contribution in [0.4, 0.5) is 0 Å². The van der Waals surface area contributed by atoms with Crippen LogP contribution in [0.2, 0.25) is 0 Å². The Morgan fingerprint density at radius 3 is 2.68 bits per heavy atom. The van der Waals surface area contributed by atoms with Crippen LogP contribution in [0.5, 0.6) is 11.5 Å². The van der Waals surface area contributed by atoms with E-state index in [1.54, 1.807) is 29.5 Å². The van der Waals surface area contributed by atoms with Gasteiger partial charge in [0.05, 0.1) is 3.79 Å². The standard InChI is InChI=1S/C14H11BrO3S/c15-14-4-2-10(19-14)8-11(16)9-1-3-12-13(7-9)18-6-5-17-12/h1-4,7H,5-6,8H2. The van der Waals surface area contributed by atoms with Crippen LogP contribution < -0.4 is 9.47 Å². The van der Waals surface area contributed by atoms with E-state index in [0.29, 0.717) is 36.7 Å². The van der Waals surface area contributed by atoms with E-state index in [2.05, 4.69) is 15.9 Å². The molecule has 3 rings (SSSR count). The minimum absolute atomic E-state index is 0.0892. The number of rotatable bonds is 3. The maximum Gasteiger partial charge on any atom is 0.168 e. The van der Waals surface area contributed by atoms with Crippen molar-refractivity contribution in [2.75, 3.05) is 13.2 Å². The number of carbonyl (C=O) groups is 1. The van der Waals surface area contributed by atoms with Crippen LogP contribution in [0.3, 0.4) is 0 Å². The molecule has 0 fully saturated rings. The van der Waals surface area contributed by atoms with E-state index in [-0.39, 0.29) is 5.78 Å². The largest absolute Gasteiger partial charge is 0.486 e. The molecule has 0 aliphatic carbocycles. The number of Topliss-reactive ketones (excluding diaryl/α,β-unsaturated/α-hetero) is 1. The number of fused-ring (bicyclic) bond motifs is 1. The maximum atomic E-state index is 12.2. The van der Waals surface area contributed by atoms with Gasteiger partial charge in [-0.2, -0.15) is 0 Å². The molecule has 0 atom stereocenters. The van der Waals surface area contributed by atoms with Gasteiger partial charge in [-0.3, -0.25) is 4.79 Å². The molecule has 1 aromatic heterocycles. The molecule has 0 radical (unpaired) electrons. The lowest BCUT2D eigenvalue weighted by Crippen LogP contribution is -2.16. The number of thiophene rings is 1. The Bertz CT molecular complexity index is 621. The van der Waals surface area contributed by atoms with Gasteiger partial charge in [0.15, 0.2) is 17.3 Å². The van der Waals surface area contributed by atoms with E-state index in [9.17, 15) is 4.79 Å². The van der Waals surface area contributed by atoms with Crippen LogP contribution in [-0.2, 0) is 6.42 Å². The van der Waals surface area contributed by atoms with Crippen LogP contribution in [-0.4, -0.2) is 19.0 Å². The van der Waals surface area contributed by atoms with Crippen molar-refractivity contribution in [1.82, 2.24) is 0 Å². The maximum absolute atomic E-state index is 12.2. The van der Waals surface area contributed by atoms with Crippen molar-refractivity contribution in [1.29, 1.82) is 0 Å². The summed E-state index contributed by atoms with van der Waals surface area (Å²) in [6, 6.07) is 9.27.